The van der Waals surface area contributed by atoms with Crippen molar-refractivity contribution in [1.29, 1.82) is 0 Å². The van der Waals surface area contributed by atoms with Crippen LogP contribution in [0.2, 0.25) is 0 Å². The molecule has 0 aliphatic heterocycles. The maximum Gasteiger partial charge on any atom is 0.133 e. The molecule has 1 rings (SSSR count). The summed E-state index contributed by atoms with van der Waals surface area (Å²) in [5.74, 6) is 0.855. The van der Waals surface area contributed by atoms with E-state index in [9.17, 15) is 0 Å². The molecule has 0 fully saturated rings. The summed E-state index contributed by atoms with van der Waals surface area (Å²) in [6, 6.07) is 6.46. The van der Waals surface area contributed by atoms with E-state index in [2.05, 4.69) is 40.3 Å². The zero-order valence-corrected chi connectivity index (χ0v) is 12.7. The van der Waals surface area contributed by atoms with Gasteiger partial charge in [-0.1, -0.05) is 6.07 Å². The number of halogens is 1. The van der Waals surface area contributed by atoms with Crippen LogP contribution in [0, 0.1) is 0 Å². The van der Waals surface area contributed by atoms with E-state index in [0.717, 1.165) is 36.0 Å². The van der Waals surface area contributed by atoms with Crippen molar-refractivity contribution in [3.8, 4) is 5.75 Å². The first-order chi connectivity index (χ1) is 8.69. The van der Waals surface area contributed by atoms with Crippen LogP contribution in [0.15, 0.2) is 22.7 Å². The number of hydrogen-bond donors (Lipinski definition) is 2. The van der Waals surface area contributed by atoms with Gasteiger partial charge in [-0.2, -0.15) is 0 Å². The molecule has 0 aliphatic carbocycles. The Hall–Kier alpha value is -0.580. The van der Waals surface area contributed by atoms with Gasteiger partial charge in [-0.25, -0.2) is 0 Å². The molecule has 102 valence electrons. The Bertz CT molecular complexity index is 358. The summed E-state index contributed by atoms with van der Waals surface area (Å²) in [7, 11) is 1.67. The zero-order valence-electron chi connectivity index (χ0n) is 11.1. The predicted octanol–water partition coefficient (Wildman–Crippen LogP) is 3.27. The molecule has 1 aromatic carbocycles. The lowest BCUT2D eigenvalue weighted by Crippen LogP contribution is -2.19. The van der Waals surface area contributed by atoms with Crippen LogP contribution in [0.1, 0.15) is 37.8 Å². The van der Waals surface area contributed by atoms with Crippen LogP contribution in [0.25, 0.3) is 0 Å². The number of unbranched alkanes of at least 4 members (excludes halogenated alkanes) is 2. The van der Waals surface area contributed by atoms with Gasteiger partial charge in [0.05, 0.1) is 11.6 Å². The lowest BCUT2D eigenvalue weighted by Gasteiger charge is -2.15. The van der Waals surface area contributed by atoms with Gasteiger partial charge in [0.1, 0.15) is 5.75 Å². The summed E-state index contributed by atoms with van der Waals surface area (Å²) in [5.41, 5.74) is 1.24. The van der Waals surface area contributed by atoms with Crippen molar-refractivity contribution >= 4 is 15.9 Å². The summed E-state index contributed by atoms with van der Waals surface area (Å²) in [5, 5.41) is 12.2. The van der Waals surface area contributed by atoms with Crippen molar-refractivity contribution in [2.24, 2.45) is 0 Å². The highest BCUT2D eigenvalue weighted by atomic mass is 79.9. The van der Waals surface area contributed by atoms with Gasteiger partial charge in [0.2, 0.25) is 0 Å². The van der Waals surface area contributed by atoms with Crippen LogP contribution >= 0.6 is 15.9 Å². The van der Waals surface area contributed by atoms with E-state index in [0.29, 0.717) is 12.6 Å². The lowest BCUT2D eigenvalue weighted by molar-refractivity contribution is 0.282. The smallest absolute Gasteiger partial charge is 0.133 e. The molecule has 0 aliphatic rings. The molecular formula is C14H22BrNO2. The van der Waals surface area contributed by atoms with Gasteiger partial charge in [0, 0.05) is 12.6 Å². The van der Waals surface area contributed by atoms with Crippen molar-refractivity contribution in [1.82, 2.24) is 5.32 Å². The van der Waals surface area contributed by atoms with E-state index in [-0.39, 0.29) is 0 Å². The third-order valence-electron chi connectivity index (χ3n) is 2.96. The van der Waals surface area contributed by atoms with Crippen LogP contribution in [0.4, 0.5) is 0 Å². The summed E-state index contributed by atoms with van der Waals surface area (Å²) in [6.07, 6.45) is 3.06. The fraction of sp³-hybridized carbons (Fsp3) is 0.571. The Kier molecular flexibility index (Phi) is 7.32. The minimum atomic E-state index is 0.293. The number of aliphatic hydroxyl groups is 1. The Morgan fingerprint density at radius 2 is 2.11 bits per heavy atom. The molecule has 4 heteroatoms. The van der Waals surface area contributed by atoms with Gasteiger partial charge in [-0.05, 0) is 66.4 Å². The summed E-state index contributed by atoms with van der Waals surface area (Å²) in [6.45, 7) is 3.42. The van der Waals surface area contributed by atoms with Gasteiger partial charge in [0.15, 0.2) is 0 Å². The predicted molar refractivity (Wildman–Crippen MR) is 78.0 cm³/mol. The Labute approximate surface area is 118 Å². The minimum Gasteiger partial charge on any atom is -0.496 e. The number of hydrogen-bond acceptors (Lipinski definition) is 3. The molecule has 1 atom stereocenters. The van der Waals surface area contributed by atoms with E-state index in [4.69, 9.17) is 9.84 Å². The average Bonchev–Trinajstić information content (AvgIpc) is 2.38. The monoisotopic (exact) mass is 315 g/mol. The van der Waals surface area contributed by atoms with Crippen LogP contribution in [0.5, 0.6) is 5.75 Å². The second kappa shape index (κ2) is 8.51. The fourth-order valence-electron chi connectivity index (χ4n) is 1.80. The van der Waals surface area contributed by atoms with Gasteiger partial charge >= 0.3 is 0 Å². The summed E-state index contributed by atoms with van der Waals surface area (Å²) >= 11 is 3.50. The highest BCUT2D eigenvalue weighted by Gasteiger charge is 2.07. The molecule has 3 nitrogen and oxygen atoms in total. The van der Waals surface area contributed by atoms with Crippen LogP contribution in [-0.4, -0.2) is 25.4 Å². The van der Waals surface area contributed by atoms with Crippen LogP contribution in [-0.2, 0) is 0 Å². The molecule has 0 spiro atoms. The average molecular weight is 316 g/mol. The summed E-state index contributed by atoms with van der Waals surface area (Å²) < 4.78 is 6.20. The molecule has 2 N–H and O–H groups in total. The van der Waals surface area contributed by atoms with E-state index < -0.39 is 0 Å². The molecule has 18 heavy (non-hydrogen) atoms. The van der Waals surface area contributed by atoms with Crippen molar-refractivity contribution in [2.45, 2.75) is 32.2 Å². The van der Waals surface area contributed by atoms with Gasteiger partial charge in [-0.3, -0.25) is 0 Å². The van der Waals surface area contributed by atoms with Gasteiger partial charge < -0.3 is 15.2 Å². The first-order valence-electron chi connectivity index (χ1n) is 6.36. The topological polar surface area (TPSA) is 41.5 Å². The van der Waals surface area contributed by atoms with Gasteiger partial charge in [0.25, 0.3) is 0 Å². The number of nitrogens with one attached hydrogen (secondary N) is 1. The molecule has 0 saturated carbocycles. The van der Waals surface area contributed by atoms with Crippen molar-refractivity contribution in [2.75, 3.05) is 20.3 Å². The molecular weight excluding hydrogens is 294 g/mol. The van der Waals surface area contributed by atoms with E-state index in [1.54, 1.807) is 7.11 Å². The summed E-state index contributed by atoms with van der Waals surface area (Å²) in [4.78, 5) is 0. The number of ether oxygens (including phenoxy) is 1. The van der Waals surface area contributed by atoms with Gasteiger partial charge in [-0.15, -0.1) is 0 Å². The quantitative estimate of drug-likeness (QED) is 0.723. The second-order valence-corrected chi connectivity index (χ2v) is 5.21. The first-order valence-corrected chi connectivity index (χ1v) is 7.16. The molecule has 1 unspecified atom stereocenters. The molecule has 0 radical (unpaired) electrons. The van der Waals surface area contributed by atoms with E-state index in [1.165, 1.54) is 5.56 Å². The second-order valence-electron chi connectivity index (χ2n) is 4.35. The molecule has 0 aromatic heterocycles. The van der Waals surface area contributed by atoms with Crippen molar-refractivity contribution in [3.05, 3.63) is 28.2 Å². The normalized spacial score (nSPS) is 12.4. The number of benzene rings is 1. The van der Waals surface area contributed by atoms with Crippen LogP contribution < -0.4 is 10.1 Å². The molecule has 0 amide bonds. The molecule has 1 aromatic rings. The molecule has 0 saturated heterocycles. The number of rotatable bonds is 8. The highest BCUT2D eigenvalue weighted by Crippen LogP contribution is 2.27. The van der Waals surface area contributed by atoms with Crippen LogP contribution in [0.3, 0.4) is 0 Å². The van der Waals surface area contributed by atoms with E-state index in [1.807, 2.05) is 6.07 Å². The Morgan fingerprint density at radius 1 is 1.33 bits per heavy atom. The highest BCUT2D eigenvalue weighted by molar-refractivity contribution is 9.10. The third kappa shape index (κ3) is 4.96. The number of aliphatic hydroxyl groups excluding tert-OH is 1. The minimum absolute atomic E-state index is 0.293. The molecule has 0 heterocycles. The number of methoxy groups -OCH3 is 1. The lowest BCUT2D eigenvalue weighted by atomic mass is 10.1. The van der Waals surface area contributed by atoms with E-state index >= 15 is 0 Å². The Morgan fingerprint density at radius 3 is 2.72 bits per heavy atom. The maximum atomic E-state index is 8.70. The Balaban J connectivity index is 2.41. The SMILES string of the molecule is COc1ccc(C(C)NCCCCCO)cc1Br. The molecule has 0 bridgehead atoms. The maximum absolute atomic E-state index is 8.70. The third-order valence-corrected chi connectivity index (χ3v) is 3.58. The fourth-order valence-corrected chi connectivity index (χ4v) is 2.36. The largest absolute Gasteiger partial charge is 0.496 e. The van der Waals surface area contributed by atoms with Crippen molar-refractivity contribution < 1.29 is 9.84 Å². The first kappa shape index (κ1) is 15.5. The zero-order chi connectivity index (χ0) is 13.4. The van der Waals surface area contributed by atoms with Crippen molar-refractivity contribution in [3.63, 3.8) is 0 Å². The standard InChI is InChI=1S/C14H22BrNO2/c1-11(16-8-4-3-5-9-17)12-6-7-14(18-2)13(15)10-12/h6-7,10-11,16-17H,3-5,8-9H2,1-2H3.